The number of carbonyl (C=O) groups excluding carboxylic acids is 2. The Bertz CT molecular complexity index is 692. The summed E-state index contributed by atoms with van der Waals surface area (Å²) in [4.78, 5) is 25.2. The molecule has 0 aliphatic carbocycles. The van der Waals surface area contributed by atoms with Gasteiger partial charge in [-0.25, -0.2) is 0 Å². The number of hydrogen-bond acceptors (Lipinski definition) is 4. The van der Waals surface area contributed by atoms with E-state index in [1.807, 2.05) is 31.3 Å². The Hall–Kier alpha value is -2.21. The zero-order valence-corrected chi connectivity index (χ0v) is 11.2. The molecule has 0 spiro atoms. The Morgan fingerprint density at radius 3 is 2.90 bits per heavy atom. The number of benzene rings is 1. The highest BCUT2D eigenvalue weighted by molar-refractivity contribution is 6.00. The van der Waals surface area contributed by atoms with Gasteiger partial charge in [-0.2, -0.15) is 5.10 Å². The minimum atomic E-state index is -0.581. The van der Waals surface area contributed by atoms with Crippen LogP contribution in [0.2, 0.25) is 0 Å². The quantitative estimate of drug-likeness (QED) is 0.809. The van der Waals surface area contributed by atoms with Crippen LogP contribution in [0, 0.1) is 0 Å². The number of imide groups is 1. The maximum Gasteiger partial charge on any atom is 0.246 e. The molecule has 1 aromatic carbocycles. The van der Waals surface area contributed by atoms with Crippen LogP contribution in [0.5, 0.6) is 0 Å². The number of hydrogen-bond donors (Lipinski definition) is 1. The molecule has 2 aromatic rings. The molecule has 1 aromatic heterocycles. The minimum absolute atomic E-state index is 0.175. The fourth-order valence-electron chi connectivity index (χ4n) is 2.58. The van der Waals surface area contributed by atoms with E-state index in [4.69, 9.17) is 5.73 Å². The number of aryl methyl sites for hydroxylation is 1. The van der Waals surface area contributed by atoms with E-state index in [9.17, 15) is 9.59 Å². The van der Waals surface area contributed by atoms with Crippen LogP contribution in [0.4, 0.5) is 0 Å². The lowest BCUT2D eigenvalue weighted by molar-refractivity contribution is -0.149. The van der Waals surface area contributed by atoms with Crippen molar-refractivity contribution in [3.8, 4) is 0 Å². The highest BCUT2D eigenvalue weighted by Gasteiger charge is 2.32. The highest BCUT2D eigenvalue weighted by Crippen LogP contribution is 2.21. The molecular formula is C14H16N4O2. The van der Waals surface area contributed by atoms with Crippen LogP contribution in [-0.4, -0.2) is 32.5 Å². The predicted molar refractivity (Wildman–Crippen MR) is 73.5 cm³/mol. The van der Waals surface area contributed by atoms with Gasteiger partial charge in [-0.05, 0) is 12.5 Å². The molecule has 1 aliphatic rings. The second-order valence-electron chi connectivity index (χ2n) is 5.05. The van der Waals surface area contributed by atoms with Crippen molar-refractivity contribution in [2.75, 3.05) is 0 Å². The maximum atomic E-state index is 12.0. The number of likely N-dealkylation sites (tertiary alicyclic amines) is 1. The van der Waals surface area contributed by atoms with Crippen molar-refractivity contribution in [2.24, 2.45) is 12.8 Å². The molecule has 104 valence electrons. The van der Waals surface area contributed by atoms with Gasteiger partial charge in [0.25, 0.3) is 0 Å². The second-order valence-corrected chi connectivity index (χ2v) is 5.05. The van der Waals surface area contributed by atoms with Crippen molar-refractivity contribution >= 4 is 22.7 Å². The zero-order valence-electron chi connectivity index (χ0n) is 11.2. The molecule has 0 bridgehead atoms. The maximum absolute atomic E-state index is 12.0. The SMILES string of the molecule is Cn1nc(CN2C(=O)CCC(N)C2=O)c2ccccc21. The number of carbonyl (C=O) groups is 2. The summed E-state index contributed by atoms with van der Waals surface area (Å²) < 4.78 is 1.75. The molecule has 1 fully saturated rings. The first-order valence-corrected chi connectivity index (χ1v) is 6.58. The van der Waals surface area contributed by atoms with E-state index in [1.165, 1.54) is 4.90 Å². The van der Waals surface area contributed by atoms with Gasteiger partial charge >= 0.3 is 0 Å². The summed E-state index contributed by atoms with van der Waals surface area (Å²) in [5.74, 6) is -0.484. The normalized spacial score (nSPS) is 19.9. The van der Waals surface area contributed by atoms with Crippen LogP contribution in [0.3, 0.4) is 0 Å². The molecule has 0 radical (unpaired) electrons. The van der Waals surface area contributed by atoms with Crippen LogP contribution >= 0.6 is 0 Å². The van der Waals surface area contributed by atoms with Crippen LogP contribution in [0.15, 0.2) is 24.3 Å². The number of aromatic nitrogens is 2. The summed E-state index contributed by atoms with van der Waals surface area (Å²) in [5.41, 5.74) is 7.43. The summed E-state index contributed by atoms with van der Waals surface area (Å²) in [5, 5.41) is 5.36. The third-order valence-electron chi connectivity index (χ3n) is 3.70. The lowest BCUT2D eigenvalue weighted by atomic mass is 10.0. The Balaban J connectivity index is 1.96. The summed E-state index contributed by atoms with van der Waals surface area (Å²) in [6.45, 7) is 0.187. The monoisotopic (exact) mass is 272 g/mol. The molecule has 1 saturated heterocycles. The fraction of sp³-hybridized carbons (Fsp3) is 0.357. The number of fused-ring (bicyclic) bond motifs is 1. The van der Waals surface area contributed by atoms with Crippen LogP contribution < -0.4 is 5.73 Å². The van der Waals surface area contributed by atoms with Crippen LogP contribution in [-0.2, 0) is 23.2 Å². The molecule has 1 atom stereocenters. The molecule has 3 rings (SSSR count). The van der Waals surface area contributed by atoms with Gasteiger partial charge in [-0.1, -0.05) is 18.2 Å². The molecule has 2 heterocycles. The van der Waals surface area contributed by atoms with Crippen LogP contribution in [0.1, 0.15) is 18.5 Å². The van der Waals surface area contributed by atoms with E-state index in [0.717, 1.165) is 16.6 Å². The smallest absolute Gasteiger partial charge is 0.246 e. The largest absolute Gasteiger partial charge is 0.320 e. The van der Waals surface area contributed by atoms with Gasteiger partial charge in [0.05, 0.1) is 23.8 Å². The summed E-state index contributed by atoms with van der Waals surface area (Å²) in [6, 6.07) is 7.16. The number of piperidine rings is 1. The Labute approximate surface area is 116 Å². The molecule has 20 heavy (non-hydrogen) atoms. The molecule has 2 N–H and O–H groups in total. The van der Waals surface area contributed by atoms with E-state index in [1.54, 1.807) is 4.68 Å². The number of amides is 2. The Morgan fingerprint density at radius 2 is 2.10 bits per heavy atom. The first-order valence-electron chi connectivity index (χ1n) is 6.58. The lowest BCUT2D eigenvalue weighted by Crippen LogP contribution is -2.50. The van der Waals surface area contributed by atoms with E-state index < -0.39 is 6.04 Å². The summed E-state index contributed by atoms with van der Waals surface area (Å²) >= 11 is 0. The molecule has 6 heteroatoms. The average Bonchev–Trinajstić information content (AvgIpc) is 2.77. The number of rotatable bonds is 2. The van der Waals surface area contributed by atoms with Gasteiger partial charge in [0.15, 0.2) is 0 Å². The molecular weight excluding hydrogens is 256 g/mol. The van der Waals surface area contributed by atoms with Crippen molar-refractivity contribution in [3.05, 3.63) is 30.0 Å². The number of para-hydroxylation sites is 1. The minimum Gasteiger partial charge on any atom is -0.320 e. The van der Waals surface area contributed by atoms with Gasteiger partial charge in [-0.3, -0.25) is 19.2 Å². The zero-order chi connectivity index (χ0) is 14.3. The number of nitrogens with zero attached hydrogens (tertiary/aromatic N) is 3. The Kier molecular flexibility index (Phi) is 3.02. The van der Waals surface area contributed by atoms with Crippen molar-refractivity contribution in [1.29, 1.82) is 0 Å². The topological polar surface area (TPSA) is 81.2 Å². The summed E-state index contributed by atoms with van der Waals surface area (Å²) in [6.07, 6.45) is 0.745. The third kappa shape index (κ3) is 1.98. The molecule has 1 unspecified atom stereocenters. The van der Waals surface area contributed by atoms with Crippen molar-refractivity contribution < 1.29 is 9.59 Å². The van der Waals surface area contributed by atoms with E-state index in [0.29, 0.717) is 12.8 Å². The number of nitrogens with two attached hydrogens (primary N) is 1. The van der Waals surface area contributed by atoms with E-state index in [-0.39, 0.29) is 18.4 Å². The van der Waals surface area contributed by atoms with E-state index in [2.05, 4.69) is 5.10 Å². The Morgan fingerprint density at radius 1 is 1.35 bits per heavy atom. The highest BCUT2D eigenvalue weighted by atomic mass is 16.2. The van der Waals surface area contributed by atoms with E-state index >= 15 is 0 Å². The molecule has 0 saturated carbocycles. The average molecular weight is 272 g/mol. The van der Waals surface area contributed by atoms with Crippen LogP contribution in [0.25, 0.3) is 10.9 Å². The standard InChI is InChI=1S/C14H16N4O2/c1-17-12-5-3-2-4-9(12)11(16-17)8-18-13(19)7-6-10(15)14(18)20/h2-5,10H,6-8,15H2,1H3. The predicted octanol–water partition coefficient (Wildman–Crippen LogP) is 0.550. The lowest BCUT2D eigenvalue weighted by Gasteiger charge is -2.28. The second kappa shape index (κ2) is 4.72. The summed E-state index contributed by atoms with van der Waals surface area (Å²) in [7, 11) is 1.84. The first-order chi connectivity index (χ1) is 9.58. The van der Waals surface area contributed by atoms with Crippen molar-refractivity contribution in [3.63, 3.8) is 0 Å². The van der Waals surface area contributed by atoms with Gasteiger partial charge in [-0.15, -0.1) is 0 Å². The van der Waals surface area contributed by atoms with Gasteiger partial charge in [0.2, 0.25) is 11.8 Å². The molecule has 6 nitrogen and oxygen atoms in total. The van der Waals surface area contributed by atoms with Gasteiger partial charge < -0.3 is 5.73 Å². The van der Waals surface area contributed by atoms with Gasteiger partial charge in [0.1, 0.15) is 0 Å². The molecule has 2 amide bonds. The molecule has 1 aliphatic heterocycles. The van der Waals surface area contributed by atoms with Crippen molar-refractivity contribution in [2.45, 2.75) is 25.4 Å². The first kappa shape index (κ1) is 12.8. The fourth-order valence-corrected chi connectivity index (χ4v) is 2.58. The van der Waals surface area contributed by atoms with Crippen molar-refractivity contribution in [1.82, 2.24) is 14.7 Å². The third-order valence-corrected chi connectivity index (χ3v) is 3.70. The van der Waals surface area contributed by atoms with Gasteiger partial charge in [0, 0.05) is 18.9 Å².